The summed E-state index contributed by atoms with van der Waals surface area (Å²) in [5.74, 6) is 0.646. The van der Waals surface area contributed by atoms with E-state index in [1.54, 1.807) is 30.5 Å². The molecule has 0 radical (unpaired) electrons. The predicted octanol–water partition coefficient (Wildman–Crippen LogP) is 3.76. The first-order chi connectivity index (χ1) is 10.5. The minimum atomic E-state index is -0.277. The number of nitrogens with zero attached hydrogens (tertiary/aromatic N) is 2. The molecule has 0 aliphatic carbocycles. The summed E-state index contributed by atoms with van der Waals surface area (Å²) in [4.78, 5) is 20.6. The molecule has 2 rings (SSSR count). The molecule has 1 aromatic heterocycles. The van der Waals surface area contributed by atoms with Gasteiger partial charge < -0.3 is 10.6 Å². The molecule has 5 nitrogen and oxygen atoms in total. The van der Waals surface area contributed by atoms with Crippen LogP contribution in [-0.4, -0.2) is 22.4 Å². The van der Waals surface area contributed by atoms with Gasteiger partial charge in [-0.2, -0.15) is 0 Å². The zero-order valence-corrected chi connectivity index (χ0v) is 13.6. The van der Waals surface area contributed by atoms with Crippen LogP contribution in [-0.2, 0) is 0 Å². The van der Waals surface area contributed by atoms with Crippen molar-refractivity contribution in [1.82, 2.24) is 9.97 Å². The molecule has 2 aromatic rings. The standard InChI is InChI=1S/C16H19ClN4O/c1-10(2)9-19-16-18-7-6-14(21-16)15(22)20-13-5-4-12(17)8-11(13)3/h4-8,10H,9H2,1-3H3,(H,20,22)(H,18,19,21). The average molecular weight is 319 g/mol. The number of anilines is 2. The van der Waals surface area contributed by atoms with Gasteiger partial charge in [0.2, 0.25) is 5.95 Å². The monoisotopic (exact) mass is 318 g/mol. The molecule has 0 aliphatic heterocycles. The van der Waals surface area contributed by atoms with E-state index in [0.717, 1.165) is 12.1 Å². The first kappa shape index (κ1) is 16.2. The van der Waals surface area contributed by atoms with Crippen LogP contribution in [0.2, 0.25) is 5.02 Å². The topological polar surface area (TPSA) is 66.9 Å². The lowest BCUT2D eigenvalue weighted by Crippen LogP contribution is -2.17. The van der Waals surface area contributed by atoms with Gasteiger partial charge in [-0.25, -0.2) is 9.97 Å². The maximum Gasteiger partial charge on any atom is 0.274 e. The summed E-state index contributed by atoms with van der Waals surface area (Å²) in [6, 6.07) is 6.89. The van der Waals surface area contributed by atoms with Crippen LogP contribution in [0.3, 0.4) is 0 Å². The van der Waals surface area contributed by atoms with Crippen molar-refractivity contribution in [2.45, 2.75) is 20.8 Å². The number of aromatic nitrogens is 2. The molecule has 0 fully saturated rings. The van der Waals surface area contributed by atoms with Crippen molar-refractivity contribution in [1.29, 1.82) is 0 Å². The lowest BCUT2D eigenvalue weighted by Gasteiger charge is -2.10. The molecule has 6 heteroatoms. The molecule has 1 heterocycles. The Hall–Kier alpha value is -2.14. The molecule has 22 heavy (non-hydrogen) atoms. The smallest absolute Gasteiger partial charge is 0.274 e. The number of carbonyl (C=O) groups is 1. The van der Waals surface area contributed by atoms with Crippen LogP contribution in [0.25, 0.3) is 0 Å². The minimum Gasteiger partial charge on any atom is -0.354 e. The van der Waals surface area contributed by atoms with E-state index >= 15 is 0 Å². The summed E-state index contributed by atoms with van der Waals surface area (Å²) >= 11 is 5.91. The van der Waals surface area contributed by atoms with E-state index in [1.807, 2.05) is 6.92 Å². The van der Waals surface area contributed by atoms with Gasteiger partial charge in [0.15, 0.2) is 0 Å². The molecule has 1 amide bonds. The molecule has 0 saturated carbocycles. The van der Waals surface area contributed by atoms with Crippen LogP contribution in [0.15, 0.2) is 30.5 Å². The van der Waals surface area contributed by atoms with Crippen LogP contribution in [0, 0.1) is 12.8 Å². The predicted molar refractivity (Wildman–Crippen MR) is 89.5 cm³/mol. The third kappa shape index (κ3) is 4.43. The second kappa shape index (κ2) is 7.22. The molecule has 1 aromatic carbocycles. The maximum atomic E-state index is 12.3. The van der Waals surface area contributed by atoms with Gasteiger partial charge in [0.05, 0.1) is 0 Å². The number of hydrogen-bond acceptors (Lipinski definition) is 4. The van der Waals surface area contributed by atoms with Crippen LogP contribution in [0.5, 0.6) is 0 Å². The van der Waals surface area contributed by atoms with E-state index < -0.39 is 0 Å². The molecule has 2 N–H and O–H groups in total. The number of halogens is 1. The number of amides is 1. The molecule has 0 bridgehead atoms. The van der Waals surface area contributed by atoms with Gasteiger partial charge >= 0.3 is 0 Å². The van der Waals surface area contributed by atoms with Crippen molar-refractivity contribution in [2.75, 3.05) is 17.2 Å². The van der Waals surface area contributed by atoms with Gasteiger partial charge in [-0.3, -0.25) is 4.79 Å². The second-order valence-corrected chi connectivity index (χ2v) is 5.89. The van der Waals surface area contributed by atoms with Crippen LogP contribution < -0.4 is 10.6 Å². The summed E-state index contributed by atoms with van der Waals surface area (Å²) in [5.41, 5.74) is 1.92. The largest absolute Gasteiger partial charge is 0.354 e. The lowest BCUT2D eigenvalue weighted by molar-refractivity contribution is 0.102. The zero-order valence-electron chi connectivity index (χ0n) is 12.9. The fraction of sp³-hybridized carbons (Fsp3) is 0.312. The number of hydrogen-bond donors (Lipinski definition) is 2. The Balaban J connectivity index is 2.10. The Morgan fingerprint density at radius 2 is 2.09 bits per heavy atom. The van der Waals surface area contributed by atoms with Crippen molar-refractivity contribution in [2.24, 2.45) is 5.92 Å². The Morgan fingerprint density at radius 3 is 2.77 bits per heavy atom. The first-order valence-corrected chi connectivity index (χ1v) is 7.48. The van der Waals surface area contributed by atoms with Gasteiger partial charge in [-0.1, -0.05) is 25.4 Å². The van der Waals surface area contributed by atoms with Gasteiger partial charge in [0, 0.05) is 23.5 Å². The van der Waals surface area contributed by atoms with E-state index in [-0.39, 0.29) is 5.91 Å². The molecule has 0 saturated heterocycles. The lowest BCUT2D eigenvalue weighted by atomic mass is 10.2. The van der Waals surface area contributed by atoms with Gasteiger partial charge in [-0.05, 0) is 42.7 Å². The quantitative estimate of drug-likeness (QED) is 0.881. The highest BCUT2D eigenvalue weighted by molar-refractivity contribution is 6.30. The minimum absolute atomic E-state index is 0.277. The highest BCUT2D eigenvalue weighted by Crippen LogP contribution is 2.20. The highest BCUT2D eigenvalue weighted by atomic mass is 35.5. The molecule has 0 atom stereocenters. The van der Waals surface area contributed by atoms with E-state index in [1.165, 1.54) is 0 Å². The van der Waals surface area contributed by atoms with Gasteiger partial charge in [-0.15, -0.1) is 0 Å². The molecule has 0 spiro atoms. The van der Waals surface area contributed by atoms with Crippen LogP contribution in [0.4, 0.5) is 11.6 Å². The Bertz CT molecular complexity index is 673. The molecular formula is C16H19ClN4O. The molecule has 116 valence electrons. The summed E-state index contributed by atoms with van der Waals surface area (Å²) in [5, 5.41) is 6.57. The Labute approximate surface area is 135 Å². The van der Waals surface area contributed by atoms with E-state index in [9.17, 15) is 4.79 Å². The van der Waals surface area contributed by atoms with Crippen molar-refractivity contribution >= 4 is 29.1 Å². The van der Waals surface area contributed by atoms with Crippen LogP contribution >= 0.6 is 11.6 Å². The molecule has 0 aliphatic rings. The van der Waals surface area contributed by atoms with E-state index in [2.05, 4.69) is 34.4 Å². The normalized spacial score (nSPS) is 10.6. The Morgan fingerprint density at radius 1 is 1.32 bits per heavy atom. The number of carbonyl (C=O) groups excluding carboxylic acids is 1. The third-order valence-corrected chi connectivity index (χ3v) is 3.23. The van der Waals surface area contributed by atoms with Gasteiger partial charge in [0.25, 0.3) is 5.91 Å². The summed E-state index contributed by atoms with van der Waals surface area (Å²) in [7, 11) is 0. The summed E-state index contributed by atoms with van der Waals surface area (Å²) in [6.07, 6.45) is 1.57. The van der Waals surface area contributed by atoms with Crippen molar-refractivity contribution in [3.63, 3.8) is 0 Å². The Kier molecular flexibility index (Phi) is 5.33. The van der Waals surface area contributed by atoms with E-state index in [4.69, 9.17) is 11.6 Å². The molecule has 0 unspecified atom stereocenters. The summed E-state index contributed by atoms with van der Waals surface area (Å²) < 4.78 is 0. The summed E-state index contributed by atoms with van der Waals surface area (Å²) in [6.45, 7) is 6.82. The van der Waals surface area contributed by atoms with E-state index in [0.29, 0.717) is 28.3 Å². The fourth-order valence-corrected chi connectivity index (χ4v) is 2.05. The first-order valence-electron chi connectivity index (χ1n) is 7.10. The van der Waals surface area contributed by atoms with Crippen molar-refractivity contribution in [3.05, 3.63) is 46.7 Å². The number of rotatable bonds is 5. The zero-order chi connectivity index (χ0) is 16.1. The SMILES string of the molecule is Cc1cc(Cl)ccc1NC(=O)c1ccnc(NCC(C)C)n1. The van der Waals surface area contributed by atoms with Crippen molar-refractivity contribution < 1.29 is 4.79 Å². The maximum absolute atomic E-state index is 12.3. The van der Waals surface area contributed by atoms with Crippen LogP contribution in [0.1, 0.15) is 29.9 Å². The third-order valence-electron chi connectivity index (χ3n) is 2.99. The number of aryl methyl sites for hydroxylation is 1. The number of nitrogens with one attached hydrogen (secondary N) is 2. The average Bonchev–Trinajstić information content (AvgIpc) is 2.48. The molecular weight excluding hydrogens is 300 g/mol. The fourth-order valence-electron chi connectivity index (χ4n) is 1.82. The van der Waals surface area contributed by atoms with Crippen molar-refractivity contribution in [3.8, 4) is 0 Å². The highest BCUT2D eigenvalue weighted by Gasteiger charge is 2.11. The van der Waals surface area contributed by atoms with Gasteiger partial charge in [0.1, 0.15) is 5.69 Å². The number of benzene rings is 1. The second-order valence-electron chi connectivity index (χ2n) is 5.45.